The van der Waals surface area contributed by atoms with E-state index in [-0.39, 0.29) is 24.9 Å². The fourth-order valence-corrected chi connectivity index (χ4v) is 4.65. The molecule has 0 aliphatic carbocycles. The van der Waals surface area contributed by atoms with E-state index in [0.29, 0.717) is 22.5 Å². The first kappa shape index (κ1) is 26.6. The fourth-order valence-electron chi connectivity index (χ4n) is 4.65. The number of aryl methyl sites for hydroxylation is 2. The zero-order valence-electron chi connectivity index (χ0n) is 22.7. The zero-order chi connectivity index (χ0) is 28.1. The van der Waals surface area contributed by atoms with E-state index in [1.54, 1.807) is 41.0 Å². The minimum absolute atomic E-state index is 0.0649. The highest BCUT2D eigenvalue weighted by molar-refractivity contribution is 5.98. The van der Waals surface area contributed by atoms with Crippen molar-refractivity contribution in [1.29, 1.82) is 0 Å². The van der Waals surface area contributed by atoms with Crippen LogP contribution in [-0.2, 0) is 22.7 Å². The van der Waals surface area contributed by atoms with Crippen LogP contribution in [0.3, 0.4) is 0 Å². The summed E-state index contributed by atoms with van der Waals surface area (Å²) in [5.74, 6) is 0.110. The quantitative estimate of drug-likeness (QED) is 0.272. The molecule has 0 saturated heterocycles. The molecule has 0 saturated carbocycles. The monoisotopic (exact) mass is 533 g/mol. The molecule has 1 heterocycles. The van der Waals surface area contributed by atoms with Crippen LogP contribution < -0.4 is 10.1 Å². The Balaban J connectivity index is 1.55. The van der Waals surface area contributed by atoms with Gasteiger partial charge in [0.05, 0.1) is 12.6 Å². The van der Waals surface area contributed by atoms with E-state index in [1.165, 1.54) is 0 Å². The molecule has 0 radical (unpaired) electrons. The molecule has 8 heteroatoms. The minimum Gasteiger partial charge on any atom is -0.497 e. The SMILES string of the molecule is COc1ccc(NC(=O)C(c2ccc(C)cc2)N(Cc2ccccc2C)C(=O)Cn2nnc3ccccc32)cc1. The summed E-state index contributed by atoms with van der Waals surface area (Å²) in [6, 6.07) is 29.3. The Morgan fingerprint density at radius 1 is 0.900 bits per heavy atom. The summed E-state index contributed by atoms with van der Waals surface area (Å²) in [5.41, 5.74) is 5.81. The highest BCUT2D eigenvalue weighted by atomic mass is 16.5. The van der Waals surface area contributed by atoms with Crippen molar-refractivity contribution < 1.29 is 14.3 Å². The summed E-state index contributed by atoms with van der Waals surface area (Å²) in [4.78, 5) is 29.8. The summed E-state index contributed by atoms with van der Waals surface area (Å²) in [5, 5.41) is 11.4. The van der Waals surface area contributed by atoms with Crippen molar-refractivity contribution in [2.75, 3.05) is 12.4 Å². The Morgan fingerprint density at radius 2 is 1.60 bits per heavy atom. The second-order valence-electron chi connectivity index (χ2n) is 9.71. The summed E-state index contributed by atoms with van der Waals surface area (Å²) in [7, 11) is 1.59. The van der Waals surface area contributed by atoms with E-state index in [2.05, 4.69) is 15.6 Å². The highest BCUT2D eigenvalue weighted by Crippen LogP contribution is 2.28. The number of nitrogens with zero attached hydrogens (tertiary/aromatic N) is 4. The molecule has 0 bridgehead atoms. The lowest BCUT2D eigenvalue weighted by Crippen LogP contribution is -2.42. The molecular formula is C32H31N5O3. The maximum Gasteiger partial charge on any atom is 0.251 e. The number of hydrogen-bond donors (Lipinski definition) is 1. The van der Waals surface area contributed by atoms with E-state index in [4.69, 9.17) is 4.74 Å². The third-order valence-electron chi connectivity index (χ3n) is 6.94. The zero-order valence-corrected chi connectivity index (χ0v) is 22.7. The summed E-state index contributed by atoms with van der Waals surface area (Å²) in [6.45, 7) is 4.17. The van der Waals surface area contributed by atoms with Crippen LogP contribution in [0.25, 0.3) is 11.0 Å². The molecule has 8 nitrogen and oxygen atoms in total. The van der Waals surface area contributed by atoms with Crippen molar-refractivity contribution >= 4 is 28.5 Å². The number of hydrogen-bond acceptors (Lipinski definition) is 5. The van der Waals surface area contributed by atoms with Crippen molar-refractivity contribution in [2.24, 2.45) is 0 Å². The number of anilines is 1. The fraction of sp³-hybridized carbons (Fsp3) is 0.188. The topological polar surface area (TPSA) is 89.4 Å². The van der Waals surface area contributed by atoms with E-state index < -0.39 is 6.04 Å². The van der Waals surface area contributed by atoms with Crippen molar-refractivity contribution in [2.45, 2.75) is 33.0 Å². The van der Waals surface area contributed by atoms with Crippen LogP contribution in [0.5, 0.6) is 5.75 Å². The molecule has 1 atom stereocenters. The van der Waals surface area contributed by atoms with E-state index in [1.807, 2.05) is 86.6 Å². The third-order valence-corrected chi connectivity index (χ3v) is 6.94. The summed E-state index contributed by atoms with van der Waals surface area (Å²) in [6.07, 6.45) is 0. The maximum atomic E-state index is 14.1. The number of amides is 2. The Bertz CT molecular complexity index is 1630. The number of aromatic nitrogens is 3. The molecule has 202 valence electrons. The first-order valence-electron chi connectivity index (χ1n) is 13.1. The van der Waals surface area contributed by atoms with Crippen LogP contribution in [0, 0.1) is 13.8 Å². The van der Waals surface area contributed by atoms with Gasteiger partial charge in [0.2, 0.25) is 5.91 Å². The maximum absolute atomic E-state index is 14.1. The van der Waals surface area contributed by atoms with E-state index >= 15 is 0 Å². The van der Waals surface area contributed by atoms with Crippen LogP contribution in [-0.4, -0.2) is 38.8 Å². The average molecular weight is 534 g/mol. The molecular weight excluding hydrogens is 502 g/mol. The van der Waals surface area contributed by atoms with E-state index in [9.17, 15) is 9.59 Å². The highest BCUT2D eigenvalue weighted by Gasteiger charge is 2.32. The first-order valence-corrected chi connectivity index (χ1v) is 13.1. The molecule has 2 amide bonds. The van der Waals surface area contributed by atoms with Gasteiger partial charge in [-0.15, -0.1) is 5.10 Å². The number of fused-ring (bicyclic) bond motifs is 1. The number of rotatable bonds is 9. The van der Waals surface area contributed by atoms with Gasteiger partial charge in [-0.3, -0.25) is 9.59 Å². The number of carbonyl (C=O) groups excluding carboxylic acids is 2. The number of ether oxygens (including phenoxy) is 1. The van der Waals surface area contributed by atoms with Gasteiger partial charge in [0.25, 0.3) is 5.91 Å². The molecule has 4 aromatic carbocycles. The molecule has 40 heavy (non-hydrogen) atoms. The molecule has 1 N–H and O–H groups in total. The largest absolute Gasteiger partial charge is 0.497 e. The lowest BCUT2D eigenvalue weighted by atomic mass is 10.0. The van der Waals surface area contributed by atoms with Gasteiger partial charge in [-0.25, -0.2) is 4.68 Å². The smallest absolute Gasteiger partial charge is 0.251 e. The van der Waals surface area contributed by atoms with Gasteiger partial charge in [-0.1, -0.05) is 71.4 Å². The van der Waals surface area contributed by atoms with Gasteiger partial charge >= 0.3 is 0 Å². The van der Waals surface area contributed by atoms with Gasteiger partial charge in [-0.05, 0) is 66.9 Å². The van der Waals surface area contributed by atoms with Crippen molar-refractivity contribution in [3.8, 4) is 5.75 Å². The number of carbonyl (C=O) groups is 2. The number of nitrogens with one attached hydrogen (secondary N) is 1. The Labute approximate surface area is 233 Å². The van der Waals surface area contributed by atoms with E-state index in [0.717, 1.165) is 22.2 Å². The molecule has 1 aromatic heterocycles. The Hall–Kier alpha value is -4.98. The number of methoxy groups -OCH3 is 1. The van der Waals surface area contributed by atoms with Gasteiger partial charge in [0.15, 0.2) is 0 Å². The molecule has 0 spiro atoms. The van der Waals surface area contributed by atoms with Gasteiger partial charge in [0.1, 0.15) is 23.9 Å². The number of benzene rings is 4. The van der Waals surface area contributed by atoms with Crippen LogP contribution in [0.2, 0.25) is 0 Å². The van der Waals surface area contributed by atoms with Crippen molar-refractivity contribution in [3.63, 3.8) is 0 Å². The molecule has 0 aliphatic rings. The predicted molar refractivity (Wildman–Crippen MR) is 155 cm³/mol. The molecule has 1 unspecified atom stereocenters. The second-order valence-corrected chi connectivity index (χ2v) is 9.71. The Morgan fingerprint density at radius 3 is 2.33 bits per heavy atom. The summed E-state index contributed by atoms with van der Waals surface area (Å²) < 4.78 is 6.83. The predicted octanol–water partition coefficient (Wildman–Crippen LogP) is 5.47. The van der Waals surface area contributed by atoms with Crippen molar-refractivity contribution in [3.05, 3.63) is 119 Å². The summed E-state index contributed by atoms with van der Waals surface area (Å²) >= 11 is 0. The first-order chi connectivity index (χ1) is 19.4. The molecule has 5 rings (SSSR count). The minimum atomic E-state index is -0.899. The van der Waals surface area contributed by atoms with Crippen LogP contribution in [0.1, 0.15) is 28.3 Å². The third kappa shape index (κ3) is 5.86. The normalized spacial score (nSPS) is 11.7. The molecule has 0 fully saturated rings. The number of para-hydroxylation sites is 1. The van der Waals surface area contributed by atoms with Gasteiger partial charge in [-0.2, -0.15) is 0 Å². The van der Waals surface area contributed by atoms with Crippen molar-refractivity contribution in [1.82, 2.24) is 19.9 Å². The van der Waals surface area contributed by atoms with Gasteiger partial charge < -0.3 is 15.0 Å². The Kier molecular flexibility index (Phi) is 7.87. The lowest BCUT2D eigenvalue weighted by Gasteiger charge is -2.32. The van der Waals surface area contributed by atoms with Crippen LogP contribution >= 0.6 is 0 Å². The second kappa shape index (κ2) is 11.8. The van der Waals surface area contributed by atoms with Gasteiger partial charge in [0, 0.05) is 12.2 Å². The van der Waals surface area contributed by atoms with Crippen LogP contribution in [0.15, 0.2) is 97.1 Å². The molecule has 5 aromatic rings. The standard InChI is InChI=1S/C32H31N5O3/c1-22-12-14-24(15-13-22)31(32(39)33-26-16-18-27(40-3)19-17-26)36(20-25-9-5-4-8-23(25)2)30(38)21-37-29-11-7-6-10-28(29)34-35-37/h4-19,31H,20-21H2,1-3H3,(H,33,39). The lowest BCUT2D eigenvalue weighted by molar-refractivity contribution is -0.140. The van der Waals surface area contributed by atoms with Crippen LogP contribution in [0.4, 0.5) is 5.69 Å². The molecule has 0 aliphatic heterocycles. The average Bonchev–Trinajstić information content (AvgIpc) is 3.37.